The van der Waals surface area contributed by atoms with Crippen LogP contribution in [0.1, 0.15) is 19.4 Å². The molecular weight excluding hydrogens is 304 g/mol. The molecule has 1 aromatic rings. The number of nitrogens with one attached hydrogen (secondary N) is 1. The zero-order chi connectivity index (χ0) is 17.1. The van der Waals surface area contributed by atoms with E-state index in [4.69, 9.17) is 0 Å². The zero-order valence-corrected chi connectivity index (χ0v) is 15.0. The number of nitrogens with zero attached hydrogens (tertiary/aromatic N) is 5. The van der Waals surface area contributed by atoms with Crippen molar-refractivity contribution in [2.24, 2.45) is 0 Å². The Morgan fingerprint density at radius 3 is 2.46 bits per heavy atom. The van der Waals surface area contributed by atoms with E-state index in [0.29, 0.717) is 12.0 Å². The molecule has 0 spiro atoms. The Labute approximate surface area is 144 Å². The lowest BCUT2D eigenvalue weighted by atomic mass is 10.1. The van der Waals surface area contributed by atoms with Crippen LogP contribution in [-0.2, 0) is 6.54 Å². The highest BCUT2D eigenvalue weighted by molar-refractivity contribution is 5.25. The first-order valence-corrected chi connectivity index (χ1v) is 8.91. The molecule has 24 heavy (non-hydrogen) atoms. The van der Waals surface area contributed by atoms with Gasteiger partial charge in [-0.2, -0.15) is 0 Å². The average molecular weight is 334 g/mol. The lowest BCUT2D eigenvalue weighted by molar-refractivity contribution is 0.0512. The molecule has 0 saturated carbocycles. The Balaban J connectivity index is 1.53. The molecule has 0 aliphatic carbocycles. The van der Waals surface area contributed by atoms with Crippen LogP contribution in [0.25, 0.3) is 0 Å². The number of likely N-dealkylation sites (tertiary alicyclic amines) is 1. The van der Waals surface area contributed by atoms with Gasteiger partial charge in [-0.05, 0) is 20.9 Å². The average Bonchev–Trinajstić information content (AvgIpc) is 2.90. The Hall–Kier alpha value is -1.28. The number of aliphatic hydroxyl groups excluding tert-OH is 1. The molecule has 0 unspecified atom stereocenters. The summed E-state index contributed by atoms with van der Waals surface area (Å²) in [5.74, 6) is 0.672. The predicted molar refractivity (Wildman–Crippen MR) is 94.9 cm³/mol. The summed E-state index contributed by atoms with van der Waals surface area (Å²) in [6, 6.07) is 0.579. The van der Waals surface area contributed by atoms with E-state index in [0.717, 1.165) is 51.4 Å². The van der Waals surface area contributed by atoms with Gasteiger partial charge in [0.05, 0.1) is 6.10 Å². The maximum Gasteiger partial charge on any atom is 0.222 e. The molecule has 0 bridgehead atoms. The van der Waals surface area contributed by atoms with Crippen molar-refractivity contribution in [1.29, 1.82) is 0 Å². The summed E-state index contributed by atoms with van der Waals surface area (Å²) in [6.45, 7) is 10.8. The third-order valence-corrected chi connectivity index (χ3v) is 4.87. The second-order valence-electron chi connectivity index (χ2n) is 7.38. The van der Waals surface area contributed by atoms with Gasteiger partial charge in [-0.3, -0.25) is 9.80 Å². The highest BCUT2D eigenvalue weighted by Crippen LogP contribution is 2.20. The highest BCUT2D eigenvalue weighted by Gasteiger charge is 2.36. The summed E-state index contributed by atoms with van der Waals surface area (Å²) in [6.07, 6.45) is 3.50. The summed E-state index contributed by atoms with van der Waals surface area (Å²) in [7, 11) is 2.16. The van der Waals surface area contributed by atoms with Crippen LogP contribution in [0.5, 0.6) is 0 Å². The molecule has 0 aromatic carbocycles. The molecular formula is C17H30N6O. The number of anilines is 1. The fourth-order valence-corrected chi connectivity index (χ4v) is 3.52. The number of rotatable bonds is 5. The first-order valence-electron chi connectivity index (χ1n) is 8.91. The van der Waals surface area contributed by atoms with E-state index in [1.165, 1.54) is 0 Å². The minimum atomic E-state index is -0.267. The van der Waals surface area contributed by atoms with Gasteiger partial charge in [0.15, 0.2) is 0 Å². The van der Waals surface area contributed by atoms with Crippen LogP contribution in [0.3, 0.4) is 0 Å². The summed E-state index contributed by atoms with van der Waals surface area (Å²) in [5.41, 5.74) is 1.09. The van der Waals surface area contributed by atoms with E-state index in [-0.39, 0.29) is 12.1 Å². The van der Waals surface area contributed by atoms with E-state index in [1.54, 1.807) is 0 Å². The molecule has 2 saturated heterocycles. The van der Waals surface area contributed by atoms with Crippen LogP contribution in [0.2, 0.25) is 0 Å². The maximum absolute atomic E-state index is 10.5. The van der Waals surface area contributed by atoms with E-state index in [9.17, 15) is 5.11 Å². The molecule has 0 radical (unpaired) electrons. The first-order chi connectivity index (χ1) is 11.5. The standard InChI is InChI=1S/C17H30N6O/c1-13(2)20-17-18-8-14(9-19-17)10-22-11-15(16(24)12-22)23-6-4-21(3)5-7-23/h8-9,13,15-16,24H,4-7,10-12H2,1-3H3,(H,18,19,20)/t15-,16-/m0/s1. The minimum Gasteiger partial charge on any atom is -0.390 e. The number of piperazine rings is 1. The van der Waals surface area contributed by atoms with Crippen molar-refractivity contribution in [3.05, 3.63) is 18.0 Å². The van der Waals surface area contributed by atoms with Gasteiger partial charge >= 0.3 is 0 Å². The lowest BCUT2D eigenvalue weighted by Gasteiger charge is -2.37. The number of β-amino-alcohol motifs (C(OH)–C–C–N with tert-alkyl or cyclic N) is 1. The summed E-state index contributed by atoms with van der Waals surface area (Å²) in [5, 5.41) is 13.7. The Kier molecular flexibility index (Phi) is 5.65. The van der Waals surface area contributed by atoms with Crippen LogP contribution in [0, 0.1) is 0 Å². The van der Waals surface area contributed by atoms with Gasteiger partial charge in [0, 0.05) is 75.9 Å². The number of likely N-dealkylation sites (N-methyl/N-ethyl adjacent to an activating group) is 1. The lowest BCUT2D eigenvalue weighted by Crippen LogP contribution is -2.52. The normalized spacial score (nSPS) is 27.0. The molecule has 1 aromatic heterocycles. The fraction of sp³-hybridized carbons (Fsp3) is 0.765. The molecule has 2 aliphatic rings. The summed E-state index contributed by atoms with van der Waals surface area (Å²) >= 11 is 0. The Morgan fingerprint density at radius 2 is 1.83 bits per heavy atom. The van der Waals surface area contributed by atoms with Gasteiger partial charge in [0.25, 0.3) is 0 Å². The van der Waals surface area contributed by atoms with Gasteiger partial charge < -0.3 is 15.3 Å². The molecule has 7 heteroatoms. The largest absolute Gasteiger partial charge is 0.390 e. The van der Waals surface area contributed by atoms with E-state index in [2.05, 4.69) is 50.9 Å². The van der Waals surface area contributed by atoms with E-state index < -0.39 is 0 Å². The molecule has 2 aliphatic heterocycles. The van der Waals surface area contributed by atoms with Crippen molar-refractivity contribution >= 4 is 5.95 Å². The second-order valence-corrected chi connectivity index (χ2v) is 7.38. The summed E-state index contributed by atoms with van der Waals surface area (Å²) < 4.78 is 0. The Morgan fingerprint density at radius 1 is 1.17 bits per heavy atom. The molecule has 7 nitrogen and oxygen atoms in total. The molecule has 2 fully saturated rings. The maximum atomic E-state index is 10.5. The molecule has 2 atom stereocenters. The van der Waals surface area contributed by atoms with Gasteiger partial charge in [-0.25, -0.2) is 9.97 Å². The third-order valence-electron chi connectivity index (χ3n) is 4.87. The van der Waals surface area contributed by atoms with Crippen molar-refractivity contribution in [1.82, 2.24) is 24.7 Å². The molecule has 2 N–H and O–H groups in total. The zero-order valence-electron chi connectivity index (χ0n) is 15.0. The first kappa shape index (κ1) is 17.5. The molecule has 134 valence electrons. The van der Waals surface area contributed by atoms with E-state index in [1.807, 2.05) is 12.4 Å². The third kappa shape index (κ3) is 4.42. The van der Waals surface area contributed by atoms with Crippen molar-refractivity contribution in [3.8, 4) is 0 Å². The summed E-state index contributed by atoms with van der Waals surface area (Å²) in [4.78, 5) is 15.8. The van der Waals surface area contributed by atoms with Gasteiger partial charge in [-0.15, -0.1) is 0 Å². The molecule has 0 amide bonds. The van der Waals surface area contributed by atoms with Crippen molar-refractivity contribution < 1.29 is 5.11 Å². The van der Waals surface area contributed by atoms with Crippen LogP contribution >= 0.6 is 0 Å². The smallest absolute Gasteiger partial charge is 0.222 e. The van der Waals surface area contributed by atoms with Crippen molar-refractivity contribution in [2.45, 2.75) is 38.6 Å². The monoisotopic (exact) mass is 334 g/mol. The minimum absolute atomic E-state index is 0.251. The quantitative estimate of drug-likeness (QED) is 0.791. The van der Waals surface area contributed by atoms with Gasteiger partial charge in [0.1, 0.15) is 0 Å². The van der Waals surface area contributed by atoms with E-state index >= 15 is 0 Å². The number of aliphatic hydroxyl groups is 1. The molecule has 3 heterocycles. The van der Waals surface area contributed by atoms with Crippen molar-refractivity contribution in [2.75, 3.05) is 51.6 Å². The predicted octanol–water partition coefficient (Wildman–Crippen LogP) is 0.0894. The number of aromatic nitrogens is 2. The Bertz CT molecular complexity index is 514. The van der Waals surface area contributed by atoms with Crippen molar-refractivity contribution in [3.63, 3.8) is 0 Å². The van der Waals surface area contributed by atoms with Crippen LogP contribution in [0.4, 0.5) is 5.95 Å². The second kappa shape index (κ2) is 7.74. The topological polar surface area (TPSA) is 67.8 Å². The van der Waals surface area contributed by atoms with Gasteiger partial charge in [0.2, 0.25) is 5.95 Å². The van der Waals surface area contributed by atoms with Gasteiger partial charge in [-0.1, -0.05) is 0 Å². The molecule has 3 rings (SSSR count). The van der Waals surface area contributed by atoms with Crippen LogP contribution in [0.15, 0.2) is 12.4 Å². The SMILES string of the molecule is CC(C)Nc1ncc(CN2C[C@H](O)[C@@H](N3CCN(C)CC3)C2)cn1. The van der Waals surface area contributed by atoms with Crippen LogP contribution < -0.4 is 5.32 Å². The van der Waals surface area contributed by atoms with Crippen LogP contribution in [-0.4, -0.2) is 94.3 Å². The number of hydrogen-bond acceptors (Lipinski definition) is 7. The highest BCUT2D eigenvalue weighted by atomic mass is 16.3. The fourth-order valence-electron chi connectivity index (χ4n) is 3.52. The number of hydrogen-bond donors (Lipinski definition) is 2.